The Balaban J connectivity index is 1.99. The molecule has 3 rings (SSSR count). The van der Waals surface area contributed by atoms with Gasteiger partial charge in [-0.25, -0.2) is 0 Å². The number of aryl methyl sites for hydroxylation is 1. The normalized spacial score (nSPS) is 19.5. The number of hydrogen-bond acceptors (Lipinski definition) is 5. The molecule has 2 aromatic carbocycles. The molecular formula is C19H19NO4. The molecule has 0 saturated carbocycles. The summed E-state index contributed by atoms with van der Waals surface area (Å²) in [5.74, 6) is -1.07. The minimum atomic E-state index is -0.721. The first-order valence-corrected chi connectivity index (χ1v) is 7.87. The molecule has 0 saturated heterocycles. The molecule has 0 unspecified atom stereocenters. The van der Waals surface area contributed by atoms with Gasteiger partial charge in [0.25, 0.3) is 0 Å². The molecule has 0 radical (unpaired) electrons. The highest BCUT2D eigenvalue weighted by molar-refractivity contribution is 6.13. The largest absolute Gasteiger partial charge is 0.508 e. The van der Waals surface area contributed by atoms with Crippen LogP contribution in [0.1, 0.15) is 29.7 Å². The van der Waals surface area contributed by atoms with Gasteiger partial charge in [-0.1, -0.05) is 53.2 Å². The number of rotatable bonds is 4. The molecule has 1 aliphatic heterocycles. The summed E-state index contributed by atoms with van der Waals surface area (Å²) >= 11 is 0. The van der Waals surface area contributed by atoms with Gasteiger partial charge in [0.05, 0.1) is 6.61 Å². The maximum atomic E-state index is 12.5. The Bertz CT molecular complexity index is 767. The Labute approximate surface area is 140 Å². The smallest absolute Gasteiger partial charge is 0.319 e. The molecule has 0 aliphatic carbocycles. The Hall–Kier alpha value is -2.82. The third-order valence-electron chi connectivity index (χ3n) is 3.99. The molecule has 24 heavy (non-hydrogen) atoms. The number of carbonyl (C=O) groups excluding carboxylic acids is 1. The highest BCUT2D eigenvalue weighted by Gasteiger charge is 2.43. The minimum absolute atomic E-state index is 0.0668. The number of esters is 1. The number of ether oxygens (including phenoxy) is 1. The minimum Gasteiger partial charge on any atom is -0.508 e. The maximum absolute atomic E-state index is 12.5. The van der Waals surface area contributed by atoms with Crippen molar-refractivity contribution in [2.45, 2.75) is 20.0 Å². The fraction of sp³-hybridized carbons (Fsp3) is 0.263. The van der Waals surface area contributed by atoms with Gasteiger partial charge in [-0.2, -0.15) is 0 Å². The van der Waals surface area contributed by atoms with E-state index in [1.54, 1.807) is 31.2 Å². The lowest BCUT2D eigenvalue weighted by atomic mass is 9.88. The number of aromatic hydroxyl groups is 1. The van der Waals surface area contributed by atoms with Crippen molar-refractivity contribution in [3.8, 4) is 5.75 Å². The quantitative estimate of drug-likeness (QED) is 0.875. The molecule has 1 heterocycles. The Morgan fingerprint density at radius 1 is 1.21 bits per heavy atom. The van der Waals surface area contributed by atoms with Crippen LogP contribution in [-0.2, 0) is 14.4 Å². The van der Waals surface area contributed by atoms with Crippen LogP contribution >= 0.6 is 0 Å². The van der Waals surface area contributed by atoms with Crippen LogP contribution in [0.25, 0.3) is 0 Å². The van der Waals surface area contributed by atoms with Crippen LogP contribution < -0.4 is 0 Å². The molecule has 0 bridgehead atoms. The summed E-state index contributed by atoms with van der Waals surface area (Å²) in [6.07, 6.45) is -0.707. The topological polar surface area (TPSA) is 68.1 Å². The third kappa shape index (κ3) is 2.97. The lowest BCUT2D eigenvalue weighted by Crippen LogP contribution is -2.29. The van der Waals surface area contributed by atoms with Crippen LogP contribution in [0.4, 0.5) is 0 Å². The molecule has 124 valence electrons. The van der Waals surface area contributed by atoms with Crippen LogP contribution in [0.3, 0.4) is 0 Å². The van der Waals surface area contributed by atoms with Crippen molar-refractivity contribution in [1.82, 2.24) is 0 Å². The Morgan fingerprint density at radius 2 is 1.92 bits per heavy atom. The maximum Gasteiger partial charge on any atom is 0.319 e. The fourth-order valence-corrected chi connectivity index (χ4v) is 2.76. The van der Waals surface area contributed by atoms with Gasteiger partial charge < -0.3 is 14.7 Å². The third-order valence-corrected chi connectivity index (χ3v) is 3.99. The summed E-state index contributed by atoms with van der Waals surface area (Å²) in [4.78, 5) is 18.1. The molecule has 1 aliphatic rings. The summed E-state index contributed by atoms with van der Waals surface area (Å²) in [6, 6.07) is 14.5. The monoisotopic (exact) mass is 325 g/mol. The zero-order chi connectivity index (χ0) is 17.1. The number of phenols is 1. The predicted octanol–water partition coefficient (Wildman–Crippen LogP) is 3.36. The van der Waals surface area contributed by atoms with Gasteiger partial charge in [0.15, 0.2) is 6.10 Å². The van der Waals surface area contributed by atoms with Gasteiger partial charge in [-0.05, 0) is 19.9 Å². The fourth-order valence-electron chi connectivity index (χ4n) is 2.76. The van der Waals surface area contributed by atoms with Crippen LogP contribution in [0.15, 0.2) is 53.7 Å². The van der Waals surface area contributed by atoms with Crippen molar-refractivity contribution in [3.63, 3.8) is 0 Å². The van der Waals surface area contributed by atoms with Crippen molar-refractivity contribution >= 4 is 11.7 Å². The molecular weight excluding hydrogens is 306 g/mol. The number of oxime groups is 1. The van der Waals surface area contributed by atoms with E-state index in [4.69, 9.17) is 9.57 Å². The van der Waals surface area contributed by atoms with E-state index in [0.717, 1.165) is 11.1 Å². The molecule has 0 aromatic heterocycles. The van der Waals surface area contributed by atoms with E-state index in [1.807, 2.05) is 31.2 Å². The summed E-state index contributed by atoms with van der Waals surface area (Å²) in [6.45, 7) is 4.01. The van der Waals surface area contributed by atoms with E-state index in [9.17, 15) is 9.90 Å². The summed E-state index contributed by atoms with van der Waals surface area (Å²) in [7, 11) is 0. The van der Waals surface area contributed by atoms with Gasteiger partial charge in [0.1, 0.15) is 17.4 Å². The lowest BCUT2D eigenvalue weighted by Gasteiger charge is -2.18. The molecule has 0 amide bonds. The van der Waals surface area contributed by atoms with Gasteiger partial charge in [-0.15, -0.1) is 0 Å². The van der Waals surface area contributed by atoms with E-state index in [1.165, 1.54) is 0 Å². The number of nitrogens with zero attached hydrogens (tertiary/aromatic N) is 1. The van der Waals surface area contributed by atoms with E-state index >= 15 is 0 Å². The zero-order valence-electron chi connectivity index (χ0n) is 13.6. The number of para-hydroxylation sites is 1. The molecule has 5 heteroatoms. The van der Waals surface area contributed by atoms with Crippen molar-refractivity contribution in [2.75, 3.05) is 6.61 Å². The standard InChI is InChI=1S/C19H19NO4/c1-3-23-19(22)16-17(13-10-8-12(2)9-11-13)20-24-18(16)14-6-4-5-7-15(14)21/h4-11,16,18,21H,3H2,1-2H3/t16-,18+/m0/s1. The molecule has 0 spiro atoms. The van der Waals surface area contributed by atoms with Crippen LogP contribution in [0, 0.1) is 12.8 Å². The van der Waals surface area contributed by atoms with E-state index in [2.05, 4.69) is 5.16 Å². The van der Waals surface area contributed by atoms with Gasteiger partial charge in [0, 0.05) is 11.1 Å². The average molecular weight is 325 g/mol. The van der Waals surface area contributed by atoms with Crippen LogP contribution in [-0.4, -0.2) is 23.4 Å². The van der Waals surface area contributed by atoms with E-state index in [-0.39, 0.29) is 12.4 Å². The first-order valence-electron chi connectivity index (χ1n) is 7.87. The van der Waals surface area contributed by atoms with Crippen LogP contribution in [0.5, 0.6) is 5.75 Å². The summed E-state index contributed by atoms with van der Waals surface area (Å²) in [5.41, 5.74) is 2.95. The zero-order valence-corrected chi connectivity index (χ0v) is 13.6. The van der Waals surface area contributed by atoms with E-state index < -0.39 is 18.0 Å². The Kier molecular flexibility index (Phi) is 4.51. The summed E-state index contributed by atoms with van der Waals surface area (Å²) in [5, 5.41) is 14.2. The average Bonchev–Trinajstić information content (AvgIpc) is 3.01. The molecule has 1 N–H and O–H groups in total. The second kappa shape index (κ2) is 6.74. The van der Waals surface area contributed by atoms with Crippen molar-refractivity contribution in [2.24, 2.45) is 11.1 Å². The molecule has 2 atom stereocenters. The highest BCUT2D eigenvalue weighted by Crippen LogP contribution is 2.39. The Morgan fingerprint density at radius 3 is 2.58 bits per heavy atom. The van der Waals surface area contributed by atoms with Crippen molar-refractivity contribution < 1.29 is 19.5 Å². The second-order valence-electron chi connectivity index (χ2n) is 5.66. The molecule has 2 aromatic rings. The first kappa shape index (κ1) is 16.1. The second-order valence-corrected chi connectivity index (χ2v) is 5.66. The van der Waals surface area contributed by atoms with Crippen LogP contribution in [0.2, 0.25) is 0 Å². The number of carbonyl (C=O) groups is 1. The predicted molar refractivity (Wildman–Crippen MR) is 89.8 cm³/mol. The molecule has 0 fully saturated rings. The van der Waals surface area contributed by atoms with Gasteiger partial charge in [0.2, 0.25) is 0 Å². The van der Waals surface area contributed by atoms with Gasteiger partial charge in [-0.3, -0.25) is 4.79 Å². The lowest BCUT2D eigenvalue weighted by molar-refractivity contribution is -0.148. The molecule has 5 nitrogen and oxygen atoms in total. The van der Waals surface area contributed by atoms with Gasteiger partial charge >= 0.3 is 5.97 Å². The first-order chi connectivity index (χ1) is 11.6. The summed E-state index contributed by atoms with van der Waals surface area (Å²) < 4.78 is 5.21. The van der Waals surface area contributed by atoms with Crippen molar-refractivity contribution in [3.05, 3.63) is 65.2 Å². The van der Waals surface area contributed by atoms with E-state index in [0.29, 0.717) is 11.3 Å². The number of benzene rings is 2. The number of phenolic OH excluding ortho intramolecular Hbond substituents is 1. The van der Waals surface area contributed by atoms with Crippen molar-refractivity contribution in [1.29, 1.82) is 0 Å². The highest BCUT2D eigenvalue weighted by atomic mass is 16.6. The SMILES string of the molecule is CCOC(=O)[C@H]1C(c2ccc(C)cc2)=NO[C@@H]1c1ccccc1O. The number of hydrogen-bond donors (Lipinski definition) is 1.